The van der Waals surface area contributed by atoms with Gasteiger partial charge in [-0.2, -0.15) is 0 Å². The van der Waals surface area contributed by atoms with E-state index in [0.717, 1.165) is 17.1 Å². The molecule has 1 heterocycles. The molecule has 0 radical (unpaired) electrons. The summed E-state index contributed by atoms with van der Waals surface area (Å²) in [6, 6.07) is 13.1. The van der Waals surface area contributed by atoms with E-state index in [1.165, 1.54) is 11.8 Å². The van der Waals surface area contributed by atoms with Gasteiger partial charge in [-0.05, 0) is 42.5 Å². The van der Waals surface area contributed by atoms with E-state index in [2.05, 4.69) is 0 Å². The summed E-state index contributed by atoms with van der Waals surface area (Å²) in [5.41, 5.74) is 0.648. The summed E-state index contributed by atoms with van der Waals surface area (Å²) in [4.78, 5) is 13.4. The first kappa shape index (κ1) is 15.7. The minimum absolute atomic E-state index is 0.0708. The average Bonchev–Trinajstić information content (AvgIpc) is 2.84. The number of hydrogen-bond acceptors (Lipinski definition) is 5. The van der Waals surface area contributed by atoms with Crippen molar-refractivity contribution < 1.29 is 19.0 Å². The number of ketones is 1. The number of methoxy groups -OCH3 is 1. The molecule has 0 unspecified atom stereocenters. The Morgan fingerprint density at radius 1 is 1.09 bits per heavy atom. The molecule has 1 aliphatic heterocycles. The molecule has 0 spiro atoms. The molecule has 2 aromatic carbocycles. The van der Waals surface area contributed by atoms with Gasteiger partial charge >= 0.3 is 0 Å². The second-order valence-electron chi connectivity index (χ2n) is 5.10. The maximum atomic E-state index is 12.4. The zero-order valence-electron chi connectivity index (χ0n) is 12.9. The fraction of sp³-hybridized carbons (Fsp3) is 0.278. The van der Waals surface area contributed by atoms with Crippen LogP contribution in [0.25, 0.3) is 0 Å². The van der Waals surface area contributed by atoms with Crippen LogP contribution in [0.3, 0.4) is 0 Å². The molecule has 0 saturated heterocycles. The standard InChI is InChI=1S/C18H18O4S/c1-20-14-4-6-15(7-5-14)23-12-16(19)13-3-8-17-18(11-13)22-10-2-9-21-17/h3-8,11H,2,9-10,12H2,1H3. The maximum Gasteiger partial charge on any atom is 0.173 e. The molecular weight excluding hydrogens is 312 g/mol. The van der Waals surface area contributed by atoms with Gasteiger partial charge in [-0.15, -0.1) is 11.8 Å². The molecule has 4 nitrogen and oxygen atoms in total. The molecule has 0 aliphatic carbocycles. The number of ether oxygens (including phenoxy) is 3. The van der Waals surface area contributed by atoms with Crippen molar-refractivity contribution in [1.82, 2.24) is 0 Å². The van der Waals surface area contributed by atoms with Crippen molar-refractivity contribution in [1.29, 1.82) is 0 Å². The Hall–Kier alpha value is -2.14. The molecule has 0 atom stereocenters. The molecule has 0 saturated carbocycles. The van der Waals surface area contributed by atoms with Crippen molar-refractivity contribution in [2.24, 2.45) is 0 Å². The van der Waals surface area contributed by atoms with Gasteiger partial charge in [0.25, 0.3) is 0 Å². The van der Waals surface area contributed by atoms with Crippen LogP contribution in [0.5, 0.6) is 17.2 Å². The summed E-state index contributed by atoms with van der Waals surface area (Å²) >= 11 is 1.51. The Kier molecular flexibility index (Phi) is 5.08. The third kappa shape index (κ3) is 3.99. The van der Waals surface area contributed by atoms with E-state index in [1.807, 2.05) is 30.3 Å². The molecule has 0 N–H and O–H groups in total. The van der Waals surface area contributed by atoms with Crippen molar-refractivity contribution in [2.75, 3.05) is 26.1 Å². The molecule has 3 rings (SSSR count). The second kappa shape index (κ2) is 7.42. The predicted octanol–water partition coefficient (Wildman–Crippen LogP) is 3.83. The van der Waals surface area contributed by atoms with Crippen molar-refractivity contribution in [3.8, 4) is 17.2 Å². The summed E-state index contributed by atoms with van der Waals surface area (Å²) in [7, 11) is 1.63. The molecule has 0 fully saturated rings. The Labute approximate surface area is 139 Å². The van der Waals surface area contributed by atoms with Gasteiger partial charge in [-0.3, -0.25) is 4.79 Å². The monoisotopic (exact) mass is 330 g/mol. The van der Waals surface area contributed by atoms with E-state index in [-0.39, 0.29) is 5.78 Å². The van der Waals surface area contributed by atoms with Gasteiger partial charge in [0.1, 0.15) is 5.75 Å². The van der Waals surface area contributed by atoms with E-state index in [9.17, 15) is 4.79 Å². The lowest BCUT2D eigenvalue weighted by molar-refractivity contribution is 0.102. The van der Waals surface area contributed by atoms with Crippen LogP contribution in [0, 0.1) is 0 Å². The highest BCUT2D eigenvalue weighted by molar-refractivity contribution is 8.00. The van der Waals surface area contributed by atoms with Crippen LogP contribution >= 0.6 is 11.8 Å². The van der Waals surface area contributed by atoms with Crippen LogP contribution in [0.15, 0.2) is 47.4 Å². The summed E-state index contributed by atoms with van der Waals surface area (Å²) < 4.78 is 16.3. The fourth-order valence-corrected chi connectivity index (χ4v) is 3.03. The van der Waals surface area contributed by atoms with Gasteiger partial charge in [-0.1, -0.05) is 0 Å². The Morgan fingerprint density at radius 2 is 1.83 bits per heavy atom. The van der Waals surface area contributed by atoms with Crippen molar-refractivity contribution >= 4 is 17.5 Å². The lowest BCUT2D eigenvalue weighted by Crippen LogP contribution is -2.03. The molecule has 5 heteroatoms. The maximum absolute atomic E-state index is 12.4. The number of hydrogen-bond donors (Lipinski definition) is 0. The molecule has 23 heavy (non-hydrogen) atoms. The highest BCUT2D eigenvalue weighted by Gasteiger charge is 2.14. The summed E-state index contributed by atoms with van der Waals surface area (Å²) in [6.45, 7) is 1.26. The minimum atomic E-state index is 0.0708. The highest BCUT2D eigenvalue weighted by Crippen LogP contribution is 2.31. The van der Waals surface area contributed by atoms with Crippen LogP contribution in [0.2, 0.25) is 0 Å². The summed E-state index contributed by atoms with van der Waals surface area (Å²) in [5.74, 6) is 2.63. The van der Waals surface area contributed by atoms with Gasteiger partial charge in [0, 0.05) is 16.9 Å². The molecule has 120 valence electrons. The lowest BCUT2D eigenvalue weighted by Gasteiger charge is -2.09. The highest BCUT2D eigenvalue weighted by atomic mass is 32.2. The summed E-state index contributed by atoms with van der Waals surface area (Å²) in [6.07, 6.45) is 0.852. The number of fused-ring (bicyclic) bond motifs is 1. The van der Waals surface area contributed by atoms with Gasteiger partial charge in [0.05, 0.1) is 26.1 Å². The van der Waals surface area contributed by atoms with E-state index >= 15 is 0 Å². The summed E-state index contributed by atoms with van der Waals surface area (Å²) in [5, 5.41) is 0. The molecule has 1 aliphatic rings. The number of rotatable bonds is 5. The SMILES string of the molecule is COc1ccc(SCC(=O)c2ccc3c(c2)OCCCO3)cc1. The number of carbonyl (C=O) groups is 1. The third-order valence-corrected chi connectivity index (χ3v) is 4.51. The largest absolute Gasteiger partial charge is 0.497 e. The predicted molar refractivity (Wildman–Crippen MR) is 90.1 cm³/mol. The average molecular weight is 330 g/mol. The normalized spacial score (nSPS) is 13.3. The van der Waals surface area contributed by atoms with E-state index in [4.69, 9.17) is 14.2 Å². The van der Waals surface area contributed by atoms with Crippen LogP contribution in [-0.2, 0) is 0 Å². The van der Waals surface area contributed by atoms with E-state index < -0.39 is 0 Å². The number of carbonyl (C=O) groups excluding carboxylic acids is 1. The lowest BCUT2D eigenvalue weighted by atomic mass is 10.1. The fourth-order valence-electron chi connectivity index (χ4n) is 2.24. The quantitative estimate of drug-likeness (QED) is 0.616. The first-order valence-corrected chi connectivity index (χ1v) is 8.44. The van der Waals surface area contributed by atoms with Gasteiger partial charge in [-0.25, -0.2) is 0 Å². The van der Waals surface area contributed by atoms with Crippen LogP contribution in [-0.4, -0.2) is 31.9 Å². The van der Waals surface area contributed by atoms with E-state index in [0.29, 0.717) is 36.0 Å². The molecular formula is C18H18O4S. The van der Waals surface area contributed by atoms with Crippen LogP contribution in [0.1, 0.15) is 16.8 Å². The molecule has 2 aromatic rings. The molecule has 0 bridgehead atoms. The smallest absolute Gasteiger partial charge is 0.173 e. The van der Waals surface area contributed by atoms with Crippen LogP contribution in [0.4, 0.5) is 0 Å². The number of benzene rings is 2. The van der Waals surface area contributed by atoms with Crippen molar-refractivity contribution in [3.63, 3.8) is 0 Å². The van der Waals surface area contributed by atoms with Crippen molar-refractivity contribution in [2.45, 2.75) is 11.3 Å². The number of Topliss-reactive ketones (excluding diaryl/α,β-unsaturated/α-hetero) is 1. The minimum Gasteiger partial charge on any atom is -0.497 e. The first-order valence-electron chi connectivity index (χ1n) is 7.46. The van der Waals surface area contributed by atoms with Crippen LogP contribution < -0.4 is 14.2 Å². The van der Waals surface area contributed by atoms with Crippen molar-refractivity contribution in [3.05, 3.63) is 48.0 Å². The van der Waals surface area contributed by atoms with Gasteiger partial charge < -0.3 is 14.2 Å². The Morgan fingerprint density at radius 3 is 2.57 bits per heavy atom. The van der Waals surface area contributed by atoms with Gasteiger partial charge in [0.2, 0.25) is 0 Å². The zero-order chi connectivity index (χ0) is 16.1. The van der Waals surface area contributed by atoms with Gasteiger partial charge in [0.15, 0.2) is 17.3 Å². The molecule has 0 aromatic heterocycles. The number of thioether (sulfide) groups is 1. The Balaban J connectivity index is 1.64. The zero-order valence-corrected chi connectivity index (χ0v) is 13.7. The molecule has 0 amide bonds. The second-order valence-corrected chi connectivity index (χ2v) is 6.15. The third-order valence-electron chi connectivity index (χ3n) is 3.50. The Bertz CT molecular complexity index is 682. The van der Waals surface area contributed by atoms with E-state index in [1.54, 1.807) is 19.2 Å². The topological polar surface area (TPSA) is 44.8 Å². The first-order chi connectivity index (χ1) is 11.3.